The van der Waals surface area contributed by atoms with Crippen LogP contribution in [0.25, 0.3) is 11.1 Å². The van der Waals surface area contributed by atoms with E-state index in [9.17, 15) is 4.79 Å². The van der Waals surface area contributed by atoms with Crippen molar-refractivity contribution in [2.24, 2.45) is 0 Å². The molecule has 0 radical (unpaired) electrons. The summed E-state index contributed by atoms with van der Waals surface area (Å²) >= 11 is 0. The number of hydrogen-bond acceptors (Lipinski definition) is 3. The number of benzene rings is 1. The molecule has 0 spiro atoms. The van der Waals surface area contributed by atoms with Crippen LogP contribution in [0.4, 0.5) is 11.4 Å². The largest absolute Gasteiger partial charge is 0.374 e. The number of rotatable bonds is 1. The molecule has 0 atom stereocenters. The molecule has 0 aliphatic carbocycles. The van der Waals surface area contributed by atoms with Gasteiger partial charge in [-0.25, -0.2) is 0 Å². The van der Waals surface area contributed by atoms with Gasteiger partial charge < -0.3 is 10.2 Å². The SMILES string of the molecule is CN1C(=O)CNc2cc(-c3cccnc3)ccc21. The van der Waals surface area contributed by atoms with Gasteiger partial charge >= 0.3 is 0 Å². The van der Waals surface area contributed by atoms with Crippen LogP contribution in [0.15, 0.2) is 42.7 Å². The van der Waals surface area contributed by atoms with E-state index in [1.54, 1.807) is 18.1 Å². The van der Waals surface area contributed by atoms with Crippen LogP contribution in [-0.2, 0) is 4.79 Å². The highest BCUT2D eigenvalue weighted by atomic mass is 16.2. The number of pyridine rings is 1. The number of hydrogen-bond donors (Lipinski definition) is 1. The second kappa shape index (κ2) is 4.14. The molecule has 4 nitrogen and oxygen atoms in total. The summed E-state index contributed by atoms with van der Waals surface area (Å²) in [5, 5.41) is 3.14. The first-order valence-electron chi connectivity index (χ1n) is 5.80. The molecule has 1 aliphatic heterocycles. The fourth-order valence-corrected chi connectivity index (χ4v) is 2.11. The Labute approximate surface area is 105 Å². The van der Waals surface area contributed by atoms with Crippen molar-refractivity contribution >= 4 is 17.3 Å². The van der Waals surface area contributed by atoms with E-state index in [4.69, 9.17) is 0 Å². The summed E-state index contributed by atoms with van der Waals surface area (Å²) in [6.45, 7) is 0.347. The molecular formula is C14H13N3O. The lowest BCUT2D eigenvalue weighted by atomic mass is 10.0. The quantitative estimate of drug-likeness (QED) is 0.829. The number of carbonyl (C=O) groups is 1. The van der Waals surface area contributed by atoms with Gasteiger partial charge in [-0.2, -0.15) is 0 Å². The molecule has 0 fully saturated rings. The van der Waals surface area contributed by atoms with Crippen molar-refractivity contribution in [3.8, 4) is 11.1 Å². The second-order valence-electron chi connectivity index (χ2n) is 4.28. The van der Waals surface area contributed by atoms with Gasteiger partial charge in [-0.05, 0) is 23.8 Å². The molecular weight excluding hydrogens is 226 g/mol. The molecule has 0 saturated carbocycles. The van der Waals surface area contributed by atoms with Gasteiger partial charge in [-0.15, -0.1) is 0 Å². The predicted octanol–water partition coefficient (Wildman–Crippen LogP) is 2.14. The van der Waals surface area contributed by atoms with Crippen LogP contribution in [0.2, 0.25) is 0 Å². The second-order valence-corrected chi connectivity index (χ2v) is 4.28. The number of carbonyl (C=O) groups excluding carboxylic acids is 1. The molecule has 18 heavy (non-hydrogen) atoms. The molecule has 3 rings (SSSR count). The van der Waals surface area contributed by atoms with Crippen molar-refractivity contribution in [3.05, 3.63) is 42.7 Å². The average Bonchev–Trinajstić information content (AvgIpc) is 2.44. The zero-order valence-corrected chi connectivity index (χ0v) is 10.1. The van der Waals surface area contributed by atoms with Crippen LogP contribution in [0, 0.1) is 0 Å². The fourth-order valence-electron chi connectivity index (χ4n) is 2.11. The number of nitrogens with zero attached hydrogens (tertiary/aromatic N) is 2. The van der Waals surface area contributed by atoms with Gasteiger partial charge in [0.25, 0.3) is 0 Å². The normalized spacial score (nSPS) is 14.1. The molecule has 0 unspecified atom stereocenters. The van der Waals surface area contributed by atoms with E-state index in [-0.39, 0.29) is 5.91 Å². The van der Waals surface area contributed by atoms with Gasteiger partial charge in [-0.1, -0.05) is 12.1 Å². The molecule has 0 bridgehead atoms. The Hall–Kier alpha value is -2.36. The van der Waals surface area contributed by atoms with Crippen LogP contribution in [0.1, 0.15) is 0 Å². The minimum Gasteiger partial charge on any atom is -0.374 e. The van der Waals surface area contributed by atoms with E-state index in [2.05, 4.69) is 16.4 Å². The Morgan fingerprint density at radius 1 is 1.28 bits per heavy atom. The number of aromatic nitrogens is 1. The summed E-state index contributed by atoms with van der Waals surface area (Å²) in [5.41, 5.74) is 4.07. The minimum absolute atomic E-state index is 0.0802. The summed E-state index contributed by atoms with van der Waals surface area (Å²) < 4.78 is 0. The highest BCUT2D eigenvalue weighted by Crippen LogP contribution is 2.32. The number of amides is 1. The van der Waals surface area contributed by atoms with E-state index in [1.807, 2.05) is 30.5 Å². The standard InChI is InChI=1S/C14H13N3O/c1-17-13-5-4-10(11-3-2-6-15-8-11)7-12(13)16-9-14(17)18/h2-8,16H,9H2,1H3. The van der Waals surface area contributed by atoms with E-state index in [0.717, 1.165) is 22.5 Å². The number of likely N-dealkylation sites (N-methyl/N-ethyl adjacent to an activating group) is 1. The Morgan fingerprint density at radius 3 is 2.94 bits per heavy atom. The summed E-state index contributed by atoms with van der Waals surface area (Å²) in [4.78, 5) is 17.4. The molecule has 1 amide bonds. The lowest BCUT2D eigenvalue weighted by molar-refractivity contribution is -0.116. The van der Waals surface area contributed by atoms with Crippen molar-refractivity contribution in [1.29, 1.82) is 0 Å². The van der Waals surface area contributed by atoms with E-state index in [0.29, 0.717) is 6.54 Å². The summed E-state index contributed by atoms with van der Waals surface area (Å²) in [5.74, 6) is 0.0802. The topological polar surface area (TPSA) is 45.2 Å². The minimum atomic E-state index is 0.0802. The van der Waals surface area contributed by atoms with Crippen molar-refractivity contribution in [2.45, 2.75) is 0 Å². The monoisotopic (exact) mass is 239 g/mol. The molecule has 2 aromatic rings. The van der Waals surface area contributed by atoms with Crippen molar-refractivity contribution in [1.82, 2.24) is 4.98 Å². The predicted molar refractivity (Wildman–Crippen MR) is 71.6 cm³/mol. The Bertz CT molecular complexity index is 595. The van der Waals surface area contributed by atoms with Crippen LogP contribution in [0.5, 0.6) is 0 Å². The maximum Gasteiger partial charge on any atom is 0.246 e. The van der Waals surface area contributed by atoms with Gasteiger partial charge in [0.05, 0.1) is 17.9 Å². The first kappa shape index (κ1) is 10.8. The molecule has 1 aromatic heterocycles. The number of nitrogens with one attached hydrogen (secondary N) is 1. The lowest BCUT2D eigenvalue weighted by Crippen LogP contribution is -2.36. The smallest absolute Gasteiger partial charge is 0.246 e. The zero-order valence-electron chi connectivity index (χ0n) is 10.1. The maximum atomic E-state index is 11.6. The highest BCUT2D eigenvalue weighted by molar-refractivity contribution is 6.02. The first-order valence-corrected chi connectivity index (χ1v) is 5.80. The number of fused-ring (bicyclic) bond motifs is 1. The highest BCUT2D eigenvalue weighted by Gasteiger charge is 2.20. The average molecular weight is 239 g/mol. The maximum absolute atomic E-state index is 11.6. The Balaban J connectivity index is 2.05. The van der Waals surface area contributed by atoms with E-state index >= 15 is 0 Å². The summed E-state index contributed by atoms with van der Waals surface area (Å²) in [7, 11) is 1.80. The molecule has 2 heterocycles. The van der Waals surface area contributed by atoms with Crippen molar-refractivity contribution < 1.29 is 4.79 Å². The van der Waals surface area contributed by atoms with Crippen LogP contribution in [0.3, 0.4) is 0 Å². The van der Waals surface area contributed by atoms with E-state index < -0.39 is 0 Å². The lowest BCUT2D eigenvalue weighted by Gasteiger charge is -2.27. The molecule has 90 valence electrons. The van der Waals surface area contributed by atoms with Gasteiger partial charge in [0.2, 0.25) is 5.91 Å². The van der Waals surface area contributed by atoms with Gasteiger partial charge in [0.1, 0.15) is 0 Å². The summed E-state index contributed by atoms with van der Waals surface area (Å²) in [6.07, 6.45) is 3.59. The van der Waals surface area contributed by atoms with Crippen molar-refractivity contribution in [2.75, 3.05) is 23.8 Å². The molecule has 1 N–H and O–H groups in total. The van der Waals surface area contributed by atoms with Gasteiger partial charge in [-0.3, -0.25) is 9.78 Å². The molecule has 0 saturated heterocycles. The van der Waals surface area contributed by atoms with E-state index in [1.165, 1.54) is 0 Å². The number of anilines is 2. The third-order valence-electron chi connectivity index (χ3n) is 3.16. The third kappa shape index (κ3) is 1.72. The third-order valence-corrected chi connectivity index (χ3v) is 3.16. The van der Waals surface area contributed by atoms with Gasteiger partial charge in [0.15, 0.2) is 0 Å². The van der Waals surface area contributed by atoms with Crippen LogP contribution < -0.4 is 10.2 Å². The first-order chi connectivity index (χ1) is 8.75. The fraction of sp³-hybridized carbons (Fsp3) is 0.143. The van der Waals surface area contributed by atoms with Crippen LogP contribution in [-0.4, -0.2) is 24.5 Å². The van der Waals surface area contributed by atoms with Crippen molar-refractivity contribution in [3.63, 3.8) is 0 Å². The van der Waals surface area contributed by atoms with Gasteiger partial charge in [0, 0.05) is 25.0 Å². The Kier molecular flexibility index (Phi) is 2.48. The summed E-state index contributed by atoms with van der Waals surface area (Å²) in [6, 6.07) is 9.95. The Morgan fingerprint density at radius 2 is 2.17 bits per heavy atom. The molecule has 1 aromatic carbocycles. The van der Waals surface area contributed by atoms with Crippen LogP contribution >= 0.6 is 0 Å². The molecule has 4 heteroatoms. The zero-order chi connectivity index (χ0) is 12.5. The molecule has 1 aliphatic rings.